The maximum Gasteiger partial charge on any atom is 0.140 e. The molecule has 1 aromatic heterocycles. The molecule has 1 heterocycles. The first kappa shape index (κ1) is 13.9. The van der Waals surface area contributed by atoms with Crippen molar-refractivity contribution < 1.29 is 4.74 Å². The molecule has 0 bridgehead atoms. The van der Waals surface area contributed by atoms with Gasteiger partial charge in [0.05, 0.1) is 12.8 Å². The van der Waals surface area contributed by atoms with Gasteiger partial charge in [0.1, 0.15) is 5.75 Å². The van der Waals surface area contributed by atoms with E-state index < -0.39 is 0 Å². The van der Waals surface area contributed by atoms with Gasteiger partial charge in [0.25, 0.3) is 0 Å². The monoisotopic (exact) mass is 274 g/mol. The lowest BCUT2D eigenvalue weighted by atomic mass is 9.73. The average Bonchev–Trinajstić information content (AvgIpc) is 3.30. The molecule has 3 unspecified atom stereocenters. The summed E-state index contributed by atoms with van der Waals surface area (Å²) in [5, 5.41) is 3.71. The van der Waals surface area contributed by atoms with Crippen LogP contribution < -0.4 is 10.1 Å². The highest BCUT2D eigenvalue weighted by atomic mass is 16.5. The molecule has 110 valence electrons. The molecule has 3 heteroatoms. The minimum absolute atomic E-state index is 0.543. The van der Waals surface area contributed by atoms with Crippen LogP contribution in [0, 0.1) is 11.8 Å². The van der Waals surface area contributed by atoms with Crippen LogP contribution in [-0.4, -0.2) is 24.7 Å². The Hall–Kier alpha value is -1.09. The zero-order valence-electron chi connectivity index (χ0n) is 12.6. The molecule has 0 saturated heterocycles. The van der Waals surface area contributed by atoms with Crippen LogP contribution in [0.4, 0.5) is 0 Å². The third-order valence-electron chi connectivity index (χ3n) is 4.87. The molecule has 3 rings (SSSR count). The molecule has 0 spiro atoms. The molecule has 1 aromatic rings. The van der Waals surface area contributed by atoms with Crippen molar-refractivity contribution in [3.8, 4) is 5.75 Å². The van der Waals surface area contributed by atoms with Crippen molar-refractivity contribution in [2.75, 3.05) is 13.7 Å². The minimum Gasteiger partial charge on any atom is -0.495 e. The summed E-state index contributed by atoms with van der Waals surface area (Å²) in [4.78, 5) is 4.65. The van der Waals surface area contributed by atoms with Gasteiger partial charge in [-0.15, -0.1) is 0 Å². The van der Waals surface area contributed by atoms with Crippen LogP contribution >= 0.6 is 0 Å². The fraction of sp³-hybridized carbons (Fsp3) is 0.706. The Labute approximate surface area is 122 Å². The summed E-state index contributed by atoms with van der Waals surface area (Å²) in [5.74, 6) is 3.00. The SMILES string of the molecule is COc1cccnc1C1CC(C)CCC1CNC1CC1. The first-order chi connectivity index (χ1) is 9.78. The van der Waals surface area contributed by atoms with Gasteiger partial charge in [-0.05, 0) is 56.2 Å². The fourth-order valence-electron chi connectivity index (χ4n) is 3.48. The molecule has 1 N–H and O–H groups in total. The molecule has 2 aliphatic rings. The lowest BCUT2D eigenvalue weighted by Gasteiger charge is -2.35. The zero-order valence-corrected chi connectivity index (χ0v) is 12.6. The summed E-state index contributed by atoms with van der Waals surface area (Å²) >= 11 is 0. The molecule has 2 saturated carbocycles. The van der Waals surface area contributed by atoms with E-state index >= 15 is 0 Å². The molecule has 0 aromatic carbocycles. The number of aromatic nitrogens is 1. The first-order valence-corrected chi connectivity index (χ1v) is 8.00. The predicted octanol–water partition coefficient (Wildman–Crippen LogP) is 3.36. The summed E-state index contributed by atoms with van der Waals surface area (Å²) in [7, 11) is 1.75. The quantitative estimate of drug-likeness (QED) is 0.894. The van der Waals surface area contributed by atoms with Gasteiger partial charge in [0, 0.05) is 18.2 Å². The van der Waals surface area contributed by atoms with Crippen molar-refractivity contribution in [2.24, 2.45) is 11.8 Å². The van der Waals surface area contributed by atoms with Gasteiger partial charge in [0.15, 0.2) is 0 Å². The summed E-state index contributed by atoms with van der Waals surface area (Å²) < 4.78 is 5.54. The number of ether oxygens (including phenoxy) is 1. The number of nitrogens with zero attached hydrogens (tertiary/aromatic N) is 1. The molecule has 0 radical (unpaired) electrons. The van der Waals surface area contributed by atoms with Gasteiger partial charge in [0.2, 0.25) is 0 Å². The second-order valence-electron chi connectivity index (χ2n) is 6.56. The maximum atomic E-state index is 5.54. The summed E-state index contributed by atoms with van der Waals surface area (Å²) in [5.41, 5.74) is 1.17. The highest BCUT2D eigenvalue weighted by molar-refractivity contribution is 5.31. The third-order valence-corrected chi connectivity index (χ3v) is 4.87. The van der Waals surface area contributed by atoms with E-state index in [-0.39, 0.29) is 0 Å². The van der Waals surface area contributed by atoms with Crippen molar-refractivity contribution in [1.82, 2.24) is 10.3 Å². The van der Waals surface area contributed by atoms with Crippen LogP contribution in [0.3, 0.4) is 0 Å². The second kappa shape index (κ2) is 6.13. The van der Waals surface area contributed by atoms with Crippen molar-refractivity contribution in [3.63, 3.8) is 0 Å². The van der Waals surface area contributed by atoms with Crippen LogP contribution in [0.1, 0.15) is 50.6 Å². The summed E-state index contributed by atoms with van der Waals surface area (Å²) in [6, 6.07) is 4.81. The van der Waals surface area contributed by atoms with E-state index in [0.717, 1.165) is 24.3 Å². The van der Waals surface area contributed by atoms with Gasteiger partial charge in [-0.2, -0.15) is 0 Å². The van der Waals surface area contributed by atoms with E-state index in [1.807, 2.05) is 18.3 Å². The molecule has 3 atom stereocenters. The largest absolute Gasteiger partial charge is 0.495 e. The van der Waals surface area contributed by atoms with Gasteiger partial charge < -0.3 is 10.1 Å². The number of hydrogen-bond acceptors (Lipinski definition) is 3. The molecular weight excluding hydrogens is 248 g/mol. The second-order valence-corrected chi connectivity index (χ2v) is 6.56. The van der Waals surface area contributed by atoms with Crippen LogP contribution in [-0.2, 0) is 0 Å². The number of methoxy groups -OCH3 is 1. The van der Waals surface area contributed by atoms with E-state index in [2.05, 4.69) is 17.2 Å². The van der Waals surface area contributed by atoms with E-state index in [1.54, 1.807) is 7.11 Å². The highest BCUT2D eigenvalue weighted by Gasteiger charge is 2.33. The van der Waals surface area contributed by atoms with Crippen LogP contribution in [0.2, 0.25) is 0 Å². The Kier molecular flexibility index (Phi) is 4.25. The molecule has 20 heavy (non-hydrogen) atoms. The van der Waals surface area contributed by atoms with Gasteiger partial charge in [-0.3, -0.25) is 4.98 Å². The topological polar surface area (TPSA) is 34.1 Å². The van der Waals surface area contributed by atoms with Crippen molar-refractivity contribution in [3.05, 3.63) is 24.0 Å². The Morgan fingerprint density at radius 2 is 2.15 bits per heavy atom. The van der Waals surface area contributed by atoms with Crippen molar-refractivity contribution >= 4 is 0 Å². The Bertz CT molecular complexity index is 444. The third kappa shape index (κ3) is 3.14. The molecule has 3 nitrogen and oxygen atoms in total. The van der Waals surface area contributed by atoms with Crippen molar-refractivity contribution in [1.29, 1.82) is 0 Å². The van der Waals surface area contributed by atoms with E-state index in [1.165, 1.54) is 37.8 Å². The predicted molar refractivity (Wildman–Crippen MR) is 81.1 cm³/mol. The highest BCUT2D eigenvalue weighted by Crippen LogP contribution is 2.42. The zero-order chi connectivity index (χ0) is 13.9. The minimum atomic E-state index is 0.543. The molecule has 0 aliphatic heterocycles. The van der Waals surface area contributed by atoms with Crippen molar-refractivity contribution in [2.45, 2.75) is 51.0 Å². The lowest BCUT2D eigenvalue weighted by molar-refractivity contribution is 0.233. The average molecular weight is 274 g/mol. The van der Waals surface area contributed by atoms with Gasteiger partial charge in [-0.1, -0.05) is 13.3 Å². The Morgan fingerprint density at radius 1 is 1.30 bits per heavy atom. The first-order valence-electron chi connectivity index (χ1n) is 8.00. The van der Waals surface area contributed by atoms with Crippen LogP contribution in [0.5, 0.6) is 5.75 Å². The molecule has 2 aliphatic carbocycles. The van der Waals surface area contributed by atoms with E-state index in [4.69, 9.17) is 4.74 Å². The van der Waals surface area contributed by atoms with E-state index in [0.29, 0.717) is 11.8 Å². The summed E-state index contributed by atoms with van der Waals surface area (Å²) in [6.07, 6.45) is 8.53. The Morgan fingerprint density at radius 3 is 2.90 bits per heavy atom. The Balaban J connectivity index is 1.77. The number of pyridine rings is 1. The maximum absolute atomic E-state index is 5.54. The van der Waals surface area contributed by atoms with Crippen LogP contribution in [0.15, 0.2) is 18.3 Å². The normalized spacial score (nSPS) is 30.2. The fourth-order valence-corrected chi connectivity index (χ4v) is 3.48. The van der Waals surface area contributed by atoms with Gasteiger partial charge >= 0.3 is 0 Å². The molecule has 0 amide bonds. The number of rotatable bonds is 5. The number of nitrogens with one attached hydrogen (secondary N) is 1. The van der Waals surface area contributed by atoms with Crippen LogP contribution in [0.25, 0.3) is 0 Å². The molecule has 2 fully saturated rings. The summed E-state index contributed by atoms with van der Waals surface area (Å²) in [6.45, 7) is 3.51. The smallest absolute Gasteiger partial charge is 0.140 e. The lowest BCUT2D eigenvalue weighted by Crippen LogP contribution is -2.33. The molecular formula is C17H26N2O. The number of hydrogen-bond donors (Lipinski definition) is 1. The van der Waals surface area contributed by atoms with E-state index in [9.17, 15) is 0 Å². The standard InChI is InChI=1S/C17H26N2O/c1-12-5-6-13(11-19-14-7-8-14)15(10-12)17-16(20-2)4-3-9-18-17/h3-4,9,12-15,19H,5-8,10-11H2,1-2H3. The van der Waals surface area contributed by atoms with Gasteiger partial charge in [-0.25, -0.2) is 0 Å².